The largest absolute Gasteiger partial charge is 0.497 e. The van der Waals surface area contributed by atoms with E-state index in [1.165, 1.54) is 43.5 Å². The lowest BCUT2D eigenvalue weighted by Gasteiger charge is -2.08. The van der Waals surface area contributed by atoms with Gasteiger partial charge in [0.1, 0.15) is 18.0 Å². The molecule has 0 unspecified atom stereocenters. The number of methoxy groups -OCH3 is 1. The number of rotatable bonds is 9. The molecule has 148 valence electrons. The molecule has 1 amide bonds. The molecule has 7 nitrogen and oxygen atoms in total. The van der Waals surface area contributed by atoms with E-state index in [4.69, 9.17) is 9.47 Å². The van der Waals surface area contributed by atoms with Crippen molar-refractivity contribution in [2.24, 2.45) is 0 Å². The van der Waals surface area contributed by atoms with Crippen molar-refractivity contribution in [2.75, 3.05) is 20.3 Å². The normalized spacial score (nSPS) is 10.3. The SMILES string of the molecule is COc1ccc(C(=O)NCC(=O)OCC(=O)c2ccc(OC(F)F)cc2)cc1. The number of halogens is 2. The Kier molecular flexibility index (Phi) is 7.44. The third kappa shape index (κ3) is 6.35. The average molecular weight is 393 g/mol. The molecule has 28 heavy (non-hydrogen) atoms. The van der Waals surface area contributed by atoms with Crippen molar-refractivity contribution in [3.63, 3.8) is 0 Å². The van der Waals surface area contributed by atoms with E-state index >= 15 is 0 Å². The molecule has 0 fully saturated rings. The van der Waals surface area contributed by atoms with Crippen LogP contribution in [0.3, 0.4) is 0 Å². The molecule has 0 bridgehead atoms. The summed E-state index contributed by atoms with van der Waals surface area (Å²) in [6, 6.07) is 11.2. The first-order valence-corrected chi connectivity index (χ1v) is 8.05. The van der Waals surface area contributed by atoms with Gasteiger partial charge >= 0.3 is 12.6 Å². The maximum Gasteiger partial charge on any atom is 0.387 e. The van der Waals surface area contributed by atoms with Crippen molar-refractivity contribution in [3.8, 4) is 11.5 Å². The van der Waals surface area contributed by atoms with Crippen molar-refractivity contribution in [2.45, 2.75) is 6.61 Å². The van der Waals surface area contributed by atoms with Gasteiger partial charge in [0.15, 0.2) is 12.4 Å². The smallest absolute Gasteiger partial charge is 0.387 e. The van der Waals surface area contributed by atoms with E-state index in [2.05, 4.69) is 10.1 Å². The third-order valence-corrected chi connectivity index (χ3v) is 3.51. The number of hydrogen-bond acceptors (Lipinski definition) is 6. The van der Waals surface area contributed by atoms with E-state index < -0.39 is 37.4 Å². The summed E-state index contributed by atoms with van der Waals surface area (Å²) in [6.07, 6.45) is 0. The van der Waals surface area contributed by atoms with Gasteiger partial charge in [-0.25, -0.2) is 0 Å². The quantitative estimate of drug-likeness (QED) is 0.520. The molecule has 9 heteroatoms. The van der Waals surface area contributed by atoms with Gasteiger partial charge in [-0.05, 0) is 48.5 Å². The summed E-state index contributed by atoms with van der Waals surface area (Å²) >= 11 is 0. The van der Waals surface area contributed by atoms with E-state index in [0.29, 0.717) is 11.3 Å². The van der Waals surface area contributed by atoms with E-state index in [9.17, 15) is 23.2 Å². The van der Waals surface area contributed by atoms with Crippen molar-refractivity contribution >= 4 is 17.7 Å². The Bertz CT molecular complexity index is 821. The standard InChI is InChI=1S/C19H17F2NO6/c1-26-14-6-4-13(5-7-14)18(25)22-10-17(24)27-11-16(23)12-2-8-15(9-3-12)28-19(20)21/h2-9,19H,10-11H2,1H3,(H,22,25). The number of esters is 1. The number of alkyl halides is 2. The zero-order valence-electron chi connectivity index (χ0n) is 14.8. The van der Waals surface area contributed by atoms with Crippen molar-refractivity contribution in [1.82, 2.24) is 5.32 Å². The fourth-order valence-electron chi connectivity index (χ4n) is 2.10. The minimum Gasteiger partial charge on any atom is -0.497 e. The number of hydrogen-bond donors (Lipinski definition) is 1. The lowest BCUT2D eigenvalue weighted by molar-refractivity contribution is -0.141. The lowest BCUT2D eigenvalue weighted by atomic mass is 10.1. The van der Waals surface area contributed by atoms with Crippen molar-refractivity contribution in [3.05, 3.63) is 59.7 Å². The number of ketones is 1. The minimum absolute atomic E-state index is 0.0928. The first-order valence-electron chi connectivity index (χ1n) is 8.05. The maximum absolute atomic E-state index is 12.1. The highest BCUT2D eigenvalue weighted by Crippen LogP contribution is 2.15. The van der Waals surface area contributed by atoms with Gasteiger partial charge < -0.3 is 19.5 Å². The van der Waals surface area contributed by atoms with Gasteiger partial charge in [-0.2, -0.15) is 8.78 Å². The molecule has 0 aliphatic rings. The molecule has 0 saturated heterocycles. The molecule has 0 aliphatic carbocycles. The number of ether oxygens (including phenoxy) is 3. The molecular formula is C19H17F2NO6. The van der Waals surface area contributed by atoms with E-state index in [1.54, 1.807) is 12.1 Å². The Balaban J connectivity index is 1.76. The summed E-state index contributed by atoms with van der Waals surface area (Å²) in [5, 5.41) is 2.37. The number of nitrogens with one attached hydrogen (secondary N) is 1. The molecule has 0 aromatic heterocycles. The lowest BCUT2D eigenvalue weighted by Crippen LogP contribution is -2.31. The van der Waals surface area contributed by atoms with Crippen molar-refractivity contribution in [1.29, 1.82) is 0 Å². The third-order valence-electron chi connectivity index (χ3n) is 3.51. The summed E-state index contributed by atoms with van der Waals surface area (Å²) in [7, 11) is 1.50. The Morgan fingerprint density at radius 3 is 2.07 bits per heavy atom. The predicted molar refractivity (Wildman–Crippen MR) is 93.7 cm³/mol. The summed E-state index contributed by atoms with van der Waals surface area (Å²) in [6.45, 7) is -3.93. The monoisotopic (exact) mass is 393 g/mol. The van der Waals surface area contributed by atoms with Crippen LogP contribution in [-0.4, -0.2) is 44.5 Å². The first-order chi connectivity index (χ1) is 13.4. The van der Waals surface area contributed by atoms with E-state index in [-0.39, 0.29) is 11.3 Å². The van der Waals surface area contributed by atoms with E-state index in [0.717, 1.165) is 0 Å². The zero-order chi connectivity index (χ0) is 20.5. The van der Waals surface area contributed by atoms with Gasteiger partial charge in [0.25, 0.3) is 5.91 Å². The zero-order valence-corrected chi connectivity index (χ0v) is 14.8. The van der Waals surface area contributed by atoms with Crippen LogP contribution in [-0.2, 0) is 9.53 Å². The van der Waals surface area contributed by atoms with Crippen LogP contribution in [0.2, 0.25) is 0 Å². The number of carbonyl (C=O) groups excluding carboxylic acids is 3. The summed E-state index contributed by atoms with van der Waals surface area (Å²) in [5.74, 6) is -1.32. The average Bonchev–Trinajstić information content (AvgIpc) is 2.70. The summed E-state index contributed by atoms with van der Waals surface area (Å²) in [4.78, 5) is 35.5. The van der Waals surface area contributed by atoms with Crippen LogP contribution in [0.25, 0.3) is 0 Å². The highest BCUT2D eigenvalue weighted by Gasteiger charge is 2.13. The molecular weight excluding hydrogens is 376 g/mol. The van der Waals surface area contributed by atoms with Crippen LogP contribution < -0.4 is 14.8 Å². The van der Waals surface area contributed by atoms with Gasteiger partial charge in [-0.1, -0.05) is 0 Å². The topological polar surface area (TPSA) is 90.9 Å². The van der Waals surface area contributed by atoms with Crippen LogP contribution in [0.4, 0.5) is 8.78 Å². The highest BCUT2D eigenvalue weighted by atomic mass is 19.3. The summed E-state index contributed by atoms with van der Waals surface area (Å²) in [5.41, 5.74) is 0.493. The second kappa shape index (κ2) is 10.0. The second-order valence-electron chi connectivity index (χ2n) is 5.40. The number of Topliss-reactive ketones (excluding diaryl/α,β-unsaturated/α-hetero) is 1. The Morgan fingerprint density at radius 2 is 1.50 bits per heavy atom. The van der Waals surface area contributed by atoms with Crippen LogP contribution in [0, 0.1) is 0 Å². The van der Waals surface area contributed by atoms with Crippen LogP contribution in [0.1, 0.15) is 20.7 Å². The fraction of sp³-hybridized carbons (Fsp3) is 0.211. The van der Waals surface area contributed by atoms with Crippen LogP contribution >= 0.6 is 0 Å². The van der Waals surface area contributed by atoms with Gasteiger partial charge in [0.2, 0.25) is 0 Å². The highest BCUT2D eigenvalue weighted by molar-refractivity contribution is 5.99. The first kappa shape index (κ1) is 20.8. The molecule has 2 aromatic carbocycles. The second-order valence-corrected chi connectivity index (χ2v) is 5.40. The minimum atomic E-state index is -2.96. The number of benzene rings is 2. The Morgan fingerprint density at radius 1 is 0.929 bits per heavy atom. The Labute approximate surface area is 159 Å². The molecule has 1 N–H and O–H groups in total. The fourth-order valence-corrected chi connectivity index (χ4v) is 2.10. The Hall–Kier alpha value is -3.49. The molecule has 0 saturated carbocycles. The molecule has 2 rings (SSSR count). The van der Waals surface area contributed by atoms with Crippen LogP contribution in [0.15, 0.2) is 48.5 Å². The van der Waals surface area contributed by atoms with Gasteiger partial charge in [0, 0.05) is 11.1 Å². The molecule has 0 atom stereocenters. The molecule has 0 radical (unpaired) electrons. The molecule has 2 aromatic rings. The molecule has 0 spiro atoms. The van der Waals surface area contributed by atoms with Crippen LogP contribution in [0.5, 0.6) is 11.5 Å². The van der Waals surface area contributed by atoms with Crippen molar-refractivity contribution < 1.29 is 37.4 Å². The van der Waals surface area contributed by atoms with Gasteiger partial charge in [0.05, 0.1) is 7.11 Å². The summed E-state index contributed by atoms with van der Waals surface area (Å²) < 4.78 is 38.1. The molecule has 0 aliphatic heterocycles. The van der Waals surface area contributed by atoms with Gasteiger partial charge in [-0.3, -0.25) is 14.4 Å². The van der Waals surface area contributed by atoms with Gasteiger partial charge in [-0.15, -0.1) is 0 Å². The predicted octanol–water partition coefficient (Wildman–Crippen LogP) is 2.45. The number of amides is 1. The maximum atomic E-state index is 12.1. The molecule has 0 heterocycles. The van der Waals surface area contributed by atoms with E-state index in [1.807, 2.05) is 0 Å². The number of carbonyl (C=O) groups is 3.